The Balaban J connectivity index is 0.00000363. The molecule has 1 heterocycles. The predicted molar refractivity (Wildman–Crippen MR) is 140 cm³/mol. The second-order valence-electron chi connectivity index (χ2n) is 7.21. The molecule has 0 unspecified atom stereocenters. The van der Waals surface area contributed by atoms with Gasteiger partial charge in [-0.3, -0.25) is 4.79 Å². The highest BCUT2D eigenvalue weighted by molar-refractivity contribution is 14.0. The van der Waals surface area contributed by atoms with Crippen molar-refractivity contribution in [2.24, 2.45) is 4.99 Å². The van der Waals surface area contributed by atoms with E-state index in [1.54, 1.807) is 12.1 Å². The van der Waals surface area contributed by atoms with E-state index in [0.29, 0.717) is 31.2 Å². The number of guanidine groups is 1. The normalized spacial score (nSPS) is 10.9. The van der Waals surface area contributed by atoms with E-state index in [0.717, 1.165) is 29.2 Å². The van der Waals surface area contributed by atoms with E-state index in [1.165, 1.54) is 0 Å². The van der Waals surface area contributed by atoms with Crippen molar-refractivity contribution in [3.63, 3.8) is 0 Å². The third-order valence-electron chi connectivity index (χ3n) is 4.72. The summed E-state index contributed by atoms with van der Waals surface area (Å²) in [5.41, 5.74) is 4.85. The van der Waals surface area contributed by atoms with Crippen LogP contribution in [0.15, 0.2) is 65.7 Å². The van der Waals surface area contributed by atoms with Crippen molar-refractivity contribution in [3.8, 4) is 5.69 Å². The van der Waals surface area contributed by atoms with Gasteiger partial charge in [0, 0.05) is 30.9 Å². The fourth-order valence-electron chi connectivity index (χ4n) is 3.28. The van der Waals surface area contributed by atoms with Crippen molar-refractivity contribution in [3.05, 3.63) is 83.2 Å². The van der Waals surface area contributed by atoms with E-state index in [-0.39, 0.29) is 29.9 Å². The number of hydrogen-bond donors (Lipinski definition) is 3. The Kier molecular flexibility index (Phi) is 10.2. The largest absolute Gasteiger partial charge is 0.357 e. The van der Waals surface area contributed by atoms with Gasteiger partial charge in [-0.05, 0) is 50.6 Å². The summed E-state index contributed by atoms with van der Waals surface area (Å²) < 4.78 is 1.96. The number of rotatable bonds is 8. The number of aliphatic imine (C=N–C) groups is 1. The second-order valence-corrected chi connectivity index (χ2v) is 7.21. The first kappa shape index (κ1) is 25.4. The Morgan fingerprint density at radius 1 is 0.969 bits per heavy atom. The average Bonchev–Trinajstić information content (AvgIpc) is 3.13. The Morgan fingerprint density at radius 2 is 1.66 bits per heavy atom. The standard InChI is InChI=1S/C24H30N6O.HI/c1-4-25-24(27-15-14-26-23(31)20-10-6-5-7-11-20)28-17-21-12-8-9-13-22(21)30-19(3)16-18(2)29-30;/h5-13,16H,4,14-15,17H2,1-3H3,(H,26,31)(H2,25,27,28);1H. The molecule has 0 fully saturated rings. The molecular weight excluding hydrogens is 515 g/mol. The zero-order chi connectivity index (χ0) is 22.1. The second kappa shape index (κ2) is 12.8. The number of nitrogens with zero attached hydrogens (tertiary/aromatic N) is 3. The van der Waals surface area contributed by atoms with Gasteiger partial charge in [-0.1, -0.05) is 36.4 Å². The van der Waals surface area contributed by atoms with E-state index in [2.05, 4.69) is 46.2 Å². The molecule has 1 amide bonds. The molecule has 3 rings (SSSR count). The van der Waals surface area contributed by atoms with E-state index in [9.17, 15) is 4.79 Å². The maximum atomic E-state index is 12.1. The molecule has 3 N–H and O–H groups in total. The molecule has 0 aliphatic rings. The Hall–Kier alpha value is -2.88. The first-order valence-corrected chi connectivity index (χ1v) is 10.6. The molecule has 0 atom stereocenters. The minimum absolute atomic E-state index is 0. The van der Waals surface area contributed by atoms with Crippen LogP contribution in [0.5, 0.6) is 0 Å². The van der Waals surface area contributed by atoms with E-state index >= 15 is 0 Å². The Morgan fingerprint density at radius 3 is 2.34 bits per heavy atom. The summed E-state index contributed by atoms with van der Waals surface area (Å²) in [5.74, 6) is 0.628. The topological polar surface area (TPSA) is 83.3 Å². The van der Waals surface area contributed by atoms with E-state index in [1.807, 2.05) is 48.9 Å². The lowest BCUT2D eigenvalue weighted by molar-refractivity contribution is 0.0954. The first-order valence-electron chi connectivity index (χ1n) is 10.6. The fourth-order valence-corrected chi connectivity index (χ4v) is 3.28. The van der Waals surface area contributed by atoms with Crippen LogP contribution in [0.4, 0.5) is 0 Å². The van der Waals surface area contributed by atoms with Gasteiger partial charge < -0.3 is 16.0 Å². The molecule has 0 aliphatic carbocycles. The third-order valence-corrected chi connectivity index (χ3v) is 4.72. The number of carbonyl (C=O) groups is 1. The molecule has 8 heteroatoms. The molecule has 32 heavy (non-hydrogen) atoms. The number of benzene rings is 2. The van der Waals surface area contributed by atoms with Crippen LogP contribution in [-0.4, -0.2) is 41.3 Å². The third kappa shape index (κ3) is 7.08. The van der Waals surface area contributed by atoms with Gasteiger partial charge >= 0.3 is 0 Å². The van der Waals surface area contributed by atoms with Crippen molar-refractivity contribution in [2.75, 3.05) is 19.6 Å². The van der Waals surface area contributed by atoms with Gasteiger partial charge in [0.15, 0.2) is 5.96 Å². The van der Waals surface area contributed by atoms with Gasteiger partial charge in [-0.25, -0.2) is 9.67 Å². The van der Waals surface area contributed by atoms with Crippen LogP contribution in [-0.2, 0) is 6.54 Å². The molecule has 1 aromatic heterocycles. The van der Waals surface area contributed by atoms with Crippen LogP contribution in [0.1, 0.15) is 34.2 Å². The smallest absolute Gasteiger partial charge is 0.251 e. The van der Waals surface area contributed by atoms with Gasteiger partial charge in [0.1, 0.15) is 0 Å². The highest BCUT2D eigenvalue weighted by atomic mass is 127. The van der Waals surface area contributed by atoms with Gasteiger partial charge in [-0.15, -0.1) is 24.0 Å². The molecule has 2 aromatic carbocycles. The summed E-state index contributed by atoms with van der Waals surface area (Å²) in [6, 6.07) is 19.4. The number of halogens is 1. The zero-order valence-corrected chi connectivity index (χ0v) is 21.1. The van der Waals surface area contributed by atoms with Crippen molar-refractivity contribution in [1.29, 1.82) is 0 Å². The van der Waals surface area contributed by atoms with Gasteiger partial charge in [0.2, 0.25) is 0 Å². The van der Waals surface area contributed by atoms with Crippen LogP contribution < -0.4 is 16.0 Å². The number of para-hydroxylation sites is 1. The lowest BCUT2D eigenvalue weighted by Gasteiger charge is -2.13. The van der Waals surface area contributed by atoms with Crippen molar-refractivity contribution >= 4 is 35.8 Å². The summed E-state index contributed by atoms with van der Waals surface area (Å²) >= 11 is 0. The van der Waals surface area contributed by atoms with Gasteiger partial charge in [0.05, 0.1) is 17.9 Å². The fraction of sp³-hybridized carbons (Fsp3) is 0.292. The molecule has 0 radical (unpaired) electrons. The highest BCUT2D eigenvalue weighted by Gasteiger charge is 2.09. The number of amides is 1. The van der Waals surface area contributed by atoms with Crippen LogP contribution in [0.25, 0.3) is 5.69 Å². The SMILES string of the molecule is CCNC(=NCc1ccccc1-n1nc(C)cc1C)NCCNC(=O)c1ccccc1.I. The predicted octanol–water partition coefficient (Wildman–Crippen LogP) is 3.59. The van der Waals surface area contributed by atoms with E-state index < -0.39 is 0 Å². The summed E-state index contributed by atoms with van der Waals surface area (Å²) in [5, 5.41) is 14.0. The first-order chi connectivity index (χ1) is 15.1. The number of aromatic nitrogens is 2. The van der Waals surface area contributed by atoms with E-state index in [4.69, 9.17) is 4.99 Å². The highest BCUT2D eigenvalue weighted by Crippen LogP contribution is 2.17. The molecule has 0 saturated carbocycles. The molecular formula is C24H31IN6O. The molecule has 0 aliphatic heterocycles. The molecule has 170 valence electrons. The quantitative estimate of drug-likeness (QED) is 0.175. The van der Waals surface area contributed by atoms with Crippen molar-refractivity contribution in [1.82, 2.24) is 25.7 Å². The molecule has 7 nitrogen and oxygen atoms in total. The summed E-state index contributed by atoms with van der Waals surface area (Å²) in [4.78, 5) is 16.9. The number of carbonyl (C=O) groups excluding carboxylic acids is 1. The molecule has 0 bridgehead atoms. The summed E-state index contributed by atoms with van der Waals surface area (Å²) in [6.45, 7) is 8.41. The van der Waals surface area contributed by atoms with Crippen LogP contribution in [0.2, 0.25) is 0 Å². The number of aryl methyl sites for hydroxylation is 2. The maximum absolute atomic E-state index is 12.1. The van der Waals surface area contributed by atoms with Crippen LogP contribution in [0, 0.1) is 13.8 Å². The van der Waals surface area contributed by atoms with Crippen LogP contribution >= 0.6 is 24.0 Å². The minimum Gasteiger partial charge on any atom is -0.357 e. The molecule has 3 aromatic rings. The Labute approximate surface area is 206 Å². The average molecular weight is 546 g/mol. The Bertz CT molecular complexity index is 1030. The van der Waals surface area contributed by atoms with Gasteiger partial charge in [-0.2, -0.15) is 5.10 Å². The van der Waals surface area contributed by atoms with Crippen molar-refractivity contribution < 1.29 is 4.79 Å². The minimum atomic E-state index is -0.0804. The van der Waals surface area contributed by atoms with Crippen molar-refractivity contribution in [2.45, 2.75) is 27.3 Å². The summed E-state index contributed by atoms with van der Waals surface area (Å²) in [7, 11) is 0. The summed E-state index contributed by atoms with van der Waals surface area (Å²) in [6.07, 6.45) is 0. The monoisotopic (exact) mass is 546 g/mol. The zero-order valence-electron chi connectivity index (χ0n) is 18.8. The van der Waals surface area contributed by atoms with Crippen LogP contribution in [0.3, 0.4) is 0 Å². The number of nitrogens with one attached hydrogen (secondary N) is 3. The van der Waals surface area contributed by atoms with Gasteiger partial charge in [0.25, 0.3) is 5.91 Å². The molecule has 0 spiro atoms. The maximum Gasteiger partial charge on any atom is 0.251 e. The molecule has 0 saturated heterocycles. The lowest BCUT2D eigenvalue weighted by atomic mass is 10.2. The number of hydrogen-bond acceptors (Lipinski definition) is 3. The lowest BCUT2D eigenvalue weighted by Crippen LogP contribution is -2.41.